The lowest BCUT2D eigenvalue weighted by Crippen LogP contribution is -2.35. The summed E-state index contributed by atoms with van der Waals surface area (Å²) in [6.07, 6.45) is 0. The minimum Gasteiger partial charge on any atom is -0.265 e. The molecule has 0 aliphatic carbocycles. The maximum absolute atomic E-state index is 11.9. The van der Waals surface area contributed by atoms with Gasteiger partial charge in [-0.3, -0.25) is 9.30 Å². The summed E-state index contributed by atoms with van der Waals surface area (Å²) < 4.78 is 25.1. The minimum absolute atomic E-state index is 0.0760. The van der Waals surface area contributed by atoms with E-state index in [2.05, 4.69) is 4.99 Å². The molecule has 1 aromatic carbocycles. The predicted octanol–water partition coefficient (Wildman–Crippen LogP) is 1.75. The molecule has 92 valence electrons. The molecule has 4 nitrogen and oxygen atoms in total. The summed E-state index contributed by atoms with van der Waals surface area (Å²) in [6.45, 7) is 2.54. The summed E-state index contributed by atoms with van der Waals surface area (Å²) in [4.78, 5) is 4.25. The third kappa shape index (κ3) is 2.45. The Bertz CT molecular complexity index is 554. The van der Waals surface area contributed by atoms with Crippen molar-refractivity contribution in [3.05, 3.63) is 34.9 Å². The van der Waals surface area contributed by atoms with Crippen molar-refractivity contribution < 1.29 is 8.42 Å². The van der Waals surface area contributed by atoms with Gasteiger partial charge < -0.3 is 0 Å². The van der Waals surface area contributed by atoms with Gasteiger partial charge in [0.25, 0.3) is 0 Å². The van der Waals surface area contributed by atoms with E-state index in [1.54, 1.807) is 25.1 Å². The van der Waals surface area contributed by atoms with Gasteiger partial charge in [0.05, 0.1) is 18.8 Å². The molecule has 17 heavy (non-hydrogen) atoms. The van der Waals surface area contributed by atoms with Crippen LogP contribution in [0.1, 0.15) is 12.5 Å². The molecule has 0 saturated carbocycles. The lowest BCUT2D eigenvalue weighted by molar-refractivity contribution is 0.539. The number of aliphatic imine (C=N–C) groups is 1. The zero-order valence-corrected chi connectivity index (χ0v) is 11.0. The van der Waals surface area contributed by atoms with Crippen LogP contribution in [-0.4, -0.2) is 37.4 Å². The second-order valence-corrected chi connectivity index (χ2v) is 6.31. The van der Waals surface area contributed by atoms with Crippen LogP contribution >= 0.6 is 11.6 Å². The first-order chi connectivity index (χ1) is 8.04. The highest BCUT2D eigenvalue weighted by atomic mass is 35.5. The summed E-state index contributed by atoms with van der Waals surface area (Å²) in [5.74, 6) is 0.571. The summed E-state index contributed by atoms with van der Waals surface area (Å²) >= 11 is 5.90. The summed E-state index contributed by atoms with van der Waals surface area (Å²) in [5, 5.41) is 0.575. The van der Waals surface area contributed by atoms with Gasteiger partial charge in [-0.2, -0.15) is 0 Å². The van der Waals surface area contributed by atoms with Gasteiger partial charge in [0.2, 0.25) is 10.0 Å². The van der Waals surface area contributed by atoms with E-state index in [1.165, 1.54) is 4.31 Å². The molecular formula is C11H13ClN2O2S. The third-order valence-corrected chi connectivity index (χ3v) is 4.58. The normalized spacial score (nSPS) is 16.1. The van der Waals surface area contributed by atoms with E-state index in [4.69, 9.17) is 11.6 Å². The zero-order valence-electron chi connectivity index (χ0n) is 9.43. The molecule has 0 N–H and O–H groups in total. The first-order valence-electron chi connectivity index (χ1n) is 5.35. The Hall–Kier alpha value is -1.07. The molecule has 0 atom stereocenters. The van der Waals surface area contributed by atoms with Crippen molar-refractivity contribution in [1.29, 1.82) is 0 Å². The predicted molar refractivity (Wildman–Crippen MR) is 69.0 cm³/mol. The van der Waals surface area contributed by atoms with Gasteiger partial charge in [-0.1, -0.05) is 23.7 Å². The molecule has 0 aromatic heterocycles. The van der Waals surface area contributed by atoms with Crippen LogP contribution in [0.4, 0.5) is 0 Å². The molecule has 2 rings (SSSR count). The molecule has 0 spiro atoms. The number of rotatable bonds is 3. The number of nitrogens with zero attached hydrogens (tertiary/aromatic N) is 2. The SMILES string of the molecule is CCS(=O)(=O)N1CCN=C1c1cccc(Cl)c1. The van der Waals surface area contributed by atoms with Crippen LogP contribution < -0.4 is 0 Å². The van der Waals surface area contributed by atoms with Crippen LogP contribution in [0, 0.1) is 0 Å². The minimum atomic E-state index is -3.25. The maximum atomic E-state index is 11.9. The number of halogens is 1. The van der Waals surface area contributed by atoms with Gasteiger partial charge in [0.15, 0.2) is 0 Å². The highest BCUT2D eigenvalue weighted by Gasteiger charge is 2.28. The van der Waals surface area contributed by atoms with Crippen molar-refractivity contribution in [2.24, 2.45) is 4.99 Å². The van der Waals surface area contributed by atoms with E-state index in [0.29, 0.717) is 23.9 Å². The monoisotopic (exact) mass is 272 g/mol. The van der Waals surface area contributed by atoms with E-state index >= 15 is 0 Å². The maximum Gasteiger partial charge on any atom is 0.236 e. The van der Waals surface area contributed by atoms with Crippen molar-refractivity contribution in [2.75, 3.05) is 18.8 Å². The van der Waals surface area contributed by atoms with Gasteiger partial charge in [0, 0.05) is 10.6 Å². The molecule has 0 saturated heterocycles. The molecule has 1 aromatic rings. The van der Waals surface area contributed by atoms with Crippen LogP contribution in [0.15, 0.2) is 29.3 Å². The summed E-state index contributed by atoms with van der Waals surface area (Å²) in [5.41, 5.74) is 0.743. The topological polar surface area (TPSA) is 49.7 Å². The Morgan fingerprint density at radius 2 is 2.24 bits per heavy atom. The summed E-state index contributed by atoms with van der Waals surface area (Å²) in [6, 6.07) is 7.08. The first-order valence-corrected chi connectivity index (χ1v) is 7.34. The van der Waals surface area contributed by atoms with Gasteiger partial charge in [-0.15, -0.1) is 0 Å². The van der Waals surface area contributed by atoms with E-state index in [0.717, 1.165) is 5.56 Å². The first kappa shape index (κ1) is 12.4. The molecule has 0 radical (unpaired) electrons. The van der Waals surface area contributed by atoms with Crippen LogP contribution in [0.5, 0.6) is 0 Å². The van der Waals surface area contributed by atoms with E-state index in [-0.39, 0.29) is 5.75 Å². The smallest absolute Gasteiger partial charge is 0.236 e. The zero-order chi connectivity index (χ0) is 12.5. The van der Waals surface area contributed by atoms with Crippen molar-refractivity contribution in [3.63, 3.8) is 0 Å². The van der Waals surface area contributed by atoms with Crippen molar-refractivity contribution in [3.8, 4) is 0 Å². The number of hydrogen-bond acceptors (Lipinski definition) is 3. The van der Waals surface area contributed by atoms with E-state index in [9.17, 15) is 8.42 Å². The van der Waals surface area contributed by atoms with Crippen LogP contribution in [0.25, 0.3) is 0 Å². The molecule has 0 bridgehead atoms. The largest absolute Gasteiger partial charge is 0.265 e. The molecule has 1 aliphatic heterocycles. The second-order valence-electron chi connectivity index (χ2n) is 3.69. The van der Waals surface area contributed by atoms with Gasteiger partial charge >= 0.3 is 0 Å². The van der Waals surface area contributed by atoms with Crippen molar-refractivity contribution in [1.82, 2.24) is 4.31 Å². The molecule has 0 amide bonds. The Morgan fingerprint density at radius 3 is 2.88 bits per heavy atom. The Morgan fingerprint density at radius 1 is 1.47 bits per heavy atom. The quantitative estimate of drug-likeness (QED) is 0.842. The Labute approximate surface area is 106 Å². The van der Waals surface area contributed by atoms with Crippen molar-refractivity contribution >= 4 is 27.5 Å². The van der Waals surface area contributed by atoms with Crippen LogP contribution in [-0.2, 0) is 10.0 Å². The highest BCUT2D eigenvalue weighted by molar-refractivity contribution is 7.89. The number of benzene rings is 1. The fraction of sp³-hybridized carbons (Fsp3) is 0.364. The fourth-order valence-electron chi connectivity index (χ4n) is 1.72. The number of amidine groups is 1. The number of sulfonamides is 1. The summed E-state index contributed by atoms with van der Waals surface area (Å²) in [7, 11) is -3.25. The third-order valence-electron chi connectivity index (χ3n) is 2.58. The van der Waals surface area contributed by atoms with Gasteiger partial charge in [-0.05, 0) is 19.1 Å². The average Bonchev–Trinajstić information content (AvgIpc) is 2.78. The Balaban J connectivity index is 2.39. The van der Waals surface area contributed by atoms with Crippen molar-refractivity contribution in [2.45, 2.75) is 6.92 Å². The molecule has 1 heterocycles. The second kappa shape index (κ2) is 4.66. The molecule has 0 unspecified atom stereocenters. The molecule has 1 aliphatic rings. The Kier molecular flexibility index (Phi) is 3.40. The molecule has 6 heteroatoms. The highest BCUT2D eigenvalue weighted by Crippen LogP contribution is 2.18. The lowest BCUT2D eigenvalue weighted by atomic mass is 10.2. The standard InChI is InChI=1S/C11H13ClN2O2S/c1-2-17(15,16)14-7-6-13-11(14)9-4-3-5-10(12)8-9/h3-5,8H,2,6-7H2,1H3. The number of hydrogen-bond donors (Lipinski definition) is 0. The molecular weight excluding hydrogens is 260 g/mol. The average molecular weight is 273 g/mol. The van der Waals surface area contributed by atoms with Crippen LogP contribution in [0.3, 0.4) is 0 Å². The fourth-order valence-corrected chi connectivity index (χ4v) is 3.01. The molecule has 0 fully saturated rings. The van der Waals surface area contributed by atoms with Gasteiger partial charge in [-0.25, -0.2) is 8.42 Å². The van der Waals surface area contributed by atoms with Gasteiger partial charge in [0.1, 0.15) is 5.84 Å². The van der Waals surface area contributed by atoms with Crippen LogP contribution in [0.2, 0.25) is 5.02 Å². The lowest BCUT2D eigenvalue weighted by Gasteiger charge is -2.19. The van der Waals surface area contributed by atoms with E-state index < -0.39 is 10.0 Å². The van der Waals surface area contributed by atoms with E-state index in [1.807, 2.05) is 6.07 Å².